The Morgan fingerprint density at radius 3 is 2.88 bits per heavy atom. The summed E-state index contributed by atoms with van der Waals surface area (Å²) >= 11 is 1.35. The highest BCUT2D eigenvalue weighted by Crippen LogP contribution is 2.26. The summed E-state index contributed by atoms with van der Waals surface area (Å²) in [6, 6.07) is 11.4. The van der Waals surface area contributed by atoms with Gasteiger partial charge in [0.15, 0.2) is 5.16 Å². The molecule has 0 bridgehead atoms. The van der Waals surface area contributed by atoms with Crippen LogP contribution in [-0.4, -0.2) is 35.3 Å². The van der Waals surface area contributed by atoms with Gasteiger partial charge in [0.1, 0.15) is 11.5 Å². The number of carbonyl (C=O) groups is 1. The highest BCUT2D eigenvalue weighted by molar-refractivity contribution is 7.99. The number of rotatable bonds is 7. The van der Waals surface area contributed by atoms with Crippen molar-refractivity contribution < 1.29 is 14.3 Å². The summed E-state index contributed by atoms with van der Waals surface area (Å²) in [5, 5.41) is 3.58. The molecule has 0 saturated carbocycles. The predicted octanol–water partition coefficient (Wildman–Crippen LogP) is 4.01. The zero-order chi connectivity index (χ0) is 18.5. The maximum absolute atomic E-state index is 12.3. The van der Waals surface area contributed by atoms with Crippen molar-refractivity contribution in [2.75, 3.05) is 24.8 Å². The lowest BCUT2D eigenvalue weighted by molar-refractivity contribution is -0.113. The molecule has 7 heteroatoms. The van der Waals surface area contributed by atoms with Crippen molar-refractivity contribution in [3.63, 3.8) is 0 Å². The normalized spacial score (nSPS) is 10.7. The number of fused-ring (bicyclic) bond motifs is 1. The molecule has 2 N–H and O–H groups in total. The van der Waals surface area contributed by atoms with E-state index in [0.29, 0.717) is 23.2 Å². The second kappa shape index (κ2) is 8.14. The molecule has 0 unspecified atom stereocenters. The number of amides is 1. The molecule has 0 atom stereocenters. The van der Waals surface area contributed by atoms with E-state index in [1.807, 2.05) is 50.2 Å². The third kappa shape index (κ3) is 4.29. The topological polar surface area (TPSA) is 76.2 Å². The molecule has 26 heavy (non-hydrogen) atoms. The number of benzene rings is 2. The fourth-order valence-electron chi connectivity index (χ4n) is 2.53. The van der Waals surface area contributed by atoms with Gasteiger partial charge in [-0.15, -0.1) is 0 Å². The van der Waals surface area contributed by atoms with Crippen LogP contribution in [-0.2, 0) is 4.79 Å². The lowest BCUT2D eigenvalue weighted by Gasteiger charge is -2.10. The van der Waals surface area contributed by atoms with Gasteiger partial charge >= 0.3 is 0 Å². The van der Waals surface area contributed by atoms with E-state index in [1.165, 1.54) is 11.8 Å². The second-order valence-electron chi connectivity index (χ2n) is 5.69. The lowest BCUT2D eigenvalue weighted by atomic mass is 10.2. The van der Waals surface area contributed by atoms with Gasteiger partial charge in [0, 0.05) is 6.07 Å². The summed E-state index contributed by atoms with van der Waals surface area (Å²) in [4.78, 5) is 20.0. The zero-order valence-corrected chi connectivity index (χ0v) is 15.8. The fourth-order valence-corrected chi connectivity index (χ4v) is 3.21. The van der Waals surface area contributed by atoms with Crippen LogP contribution in [0, 0.1) is 6.92 Å². The Morgan fingerprint density at radius 2 is 2.12 bits per heavy atom. The number of thioether (sulfide) groups is 1. The molecule has 0 aliphatic heterocycles. The summed E-state index contributed by atoms with van der Waals surface area (Å²) < 4.78 is 10.8. The van der Waals surface area contributed by atoms with Crippen molar-refractivity contribution in [2.45, 2.75) is 19.0 Å². The number of hydrogen-bond acceptors (Lipinski definition) is 5. The van der Waals surface area contributed by atoms with E-state index in [9.17, 15) is 4.79 Å². The van der Waals surface area contributed by atoms with Crippen molar-refractivity contribution in [3.05, 3.63) is 42.0 Å². The molecule has 3 aromatic rings. The third-order valence-electron chi connectivity index (χ3n) is 3.71. The maximum atomic E-state index is 12.3. The first-order valence-corrected chi connectivity index (χ1v) is 9.27. The van der Waals surface area contributed by atoms with E-state index in [0.717, 1.165) is 22.3 Å². The molecule has 0 aliphatic carbocycles. The first kappa shape index (κ1) is 18.1. The standard InChI is InChI=1S/C19H21N3O3S/c1-4-25-13-6-7-14-15(10-13)22-19(21-14)26-11-18(23)20-16-9-12(2)5-8-17(16)24-3/h5-10H,4,11H2,1-3H3,(H,20,23)(H,21,22). The molecule has 0 fully saturated rings. The molecule has 136 valence electrons. The number of ether oxygens (including phenoxy) is 2. The number of hydrogen-bond donors (Lipinski definition) is 2. The molecule has 0 spiro atoms. The monoisotopic (exact) mass is 371 g/mol. The molecule has 2 aromatic carbocycles. The number of aromatic nitrogens is 2. The summed E-state index contributed by atoms with van der Waals surface area (Å²) in [6.45, 7) is 4.53. The van der Waals surface area contributed by atoms with Gasteiger partial charge in [-0.3, -0.25) is 4.79 Å². The molecule has 0 saturated heterocycles. The van der Waals surface area contributed by atoms with Crippen LogP contribution in [0.4, 0.5) is 5.69 Å². The number of imidazole rings is 1. The van der Waals surface area contributed by atoms with E-state index in [2.05, 4.69) is 15.3 Å². The number of H-pyrrole nitrogens is 1. The summed E-state index contributed by atoms with van der Waals surface area (Å²) in [7, 11) is 1.58. The van der Waals surface area contributed by atoms with Gasteiger partial charge in [-0.25, -0.2) is 4.98 Å². The summed E-state index contributed by atoms with van der Waals surface area (Å²) in [5.74, 6) is 1.56. The van der Waals surface area contributed by atoms with Crippen LogP contribution in [0.2, 0.25) is 0 Å². The zero-order valence-electron chi connectivity index (χ0n) is 15.0. The van der Waals surface area contributed by atoms with Gasteiger partial charge in [-0.2, -0.15) is 0 Å². The molecule has 0 aliphatic rings. The first-order valence-electron chi connectivity index (χ1n) is 8.29. The Hall–Kier alpha value is -2.67. The van der Waals surface area contributed by atoms with Crippen LogP contribution in [0.15, 0.2) is 41.6 Å². The van der Waals surface area contributed by atoms with Gasteiger partial charge in [0.2, 0.25) is 5.91 Å². The smallest absolute Gasteiger partial charge is 0.234 e. The van der Waals surface area contributed by atoms with E-state index in [1.54, 1.807) is 7.11 Å². The Morgan fingerprint density at radius 1 is 1.27 bits per heavy atom. The SMILES string of the molecule is CCOc1ccc2nc(SCC(=O)Nc3cc(C)ccc3OC)[nH]c2c1. The van der Waals surface area contributed by atoms with Gasteiger partial charge in [-0.05, 0) is 43.7 Å². The van der Waals surface area contributed by atoms with Crippen LogP contribution >= 0.6 is 11.8 Å². The molecular formula is C19H21N3O3S. The summed E-state index contributed by atoms with van der Waals surface area (Å²) in [5.41, 5.74) is 3.45. The highest BCUT2D eigenvalue weighted by atomic mass is 32.2. The highest BCUT2D eigenvalue weighted by Gasteiger charge is 2.11. The first-order chi connectivity index (χ1) is 12.6. The number of aromatic amines is 1. The lowest BCUT2D eigenvalue weighted by Crippen LogP contribution is -2.15. The van der Waals surface area contributed by atoms with Gasteiger partial charge in [0.05, 0.1) is 36.2 Å². The Labute approximate surface area is 156 Å². The Balaban J connectivity index is 1.64. The number of aryl methyl sites for hydroxylation is 1. The van der Waals surface area contributed by atoms with Crippen molar-refractivity contribution in [1.82, 2.24) is 9.97 Å². The minimum Gasteiger partial charge on any atom is -0.495 e. The van der Waals surface area contributed by atoms with E-state index >= 15 is 0 Å². The van der Waals surface area contributed by atoms with Crippen LogP contribution in [0.1, 0.15) is 12.5 Å². The minimum absolute atomic E-state index is 0.116. The van der Waals surface area contributed by atoms with E-state index in [-0.39, 0.29) is 11.7 Å². The number of anilines is 1. The molecule has 1 heterocycles. The number of nitrogens with zero attached hydrogens (tertiary/aromatic N) is 1. The number of methoxy groups -OCH3 is 1. The quantitative estimate of drug-likeness (QED) is 0.614. The fraction of sp³-hybridized carbons (Fsp3) is 0.263. The summed E-state index contributed by atoms with van der Waals surface area (Å²) in [6.07, 6.45) is 0. The van der Waals surface area contributed by atoms with Gasteiger partial charge in [0.25, 0.3) is 0 Å². The molecule has 1 aromatic heterocycles. The maximum Gasteiger partial charge on any atom is 0.234 e. The van der Waals surface area contributed by atoms with Crippen molar-refractivity contribution in [1.29, 1.82) is 0 Å². The molecule has 3 rings (SSSR count). The van der Waals surface area contributed by atoms with E-state index in [4.69, 9.17) is 9.47 Å². The van der Waals surface area contributed by atoms with Gasteiger partial charge < -0.3 is 19.8 Å². The average molecular weight is 371 g/mol. The van der Waals surface area contributed by atoms with Crippen molar-refractivity contribution >= 4 is 34.4 Å². The van der Waals surface area contributed by atoms with Crippen LogP contribution in [0.25, 0.3) is 11.0 Å². The predicted molar refractivity (Wildman–Crippen MR) is 104 cm³/mol. The minimum atomic E-state index is -0.116. The van der Waals surface area contributed by atoms with E-state index < -0.39 is 0 Å². The van der Waals surface area contributed by atoms with Crippen LogP contribution < -0.4 is 14.8 Å². The van der Waals surface area contributed by atoms with Crippen LogP contribution in [0.3, 0.4) is 0 Å². The third-order valence-corrected chi connectivity index (χ3v) is 4.58. The average Bonchev–Trinajstić information content (AvgIpc) is 3.03. The molecule has 1 amide bonds. The second-order valence-corrected chi connectivity index (χ2v) is 6.66. The molecule has 6 nitrogen and oxygen atoms in total. The molecule has 0 radical (unpaired) electrons. The Bertz CT molecular complexity index is 924. The number of carbonyl (C=O) groups excluding carboxylic acids is 1. The van der Waals surface area contributed by atoms with Gasteiger partial charge in [-0.1, -0.05) is 17.8 Å². The number of nitrogens with one attached hydrogen (secondary N) is 2. The van der Waals surface area contributed by atoms with Crippen molar-refractivity contribution in [3.8, 4) is 11.5 Å². The largest absolute Gasteiger partial charge is 0.495 e. The Kier molecular flexibility index (Phi) is 5.68. The molecular weight excluding hydrogens is 350 g/mol. The van der Waals surface area contributed by atoms with Crippen LogP contribution in [0.5, 0.6) is 11.5 Å². The van der Waals surface area contributed by atoms with Crippen molar-refractivity contribution in [2.24, 2.45) is 0 Å².